The summed E-state index contributed by atoms with van der Waals surface area (Å²) >= 11 is 0. The van der Waals surface area contributed by atoms with Crippen molar-refractivity contribution in [1.29, 1.82) is 5.26 Å². The number of aromatic nitrogens is 2. The van der Waals surface area contributed by atoms with Crippen LogP contribution in [-0.2, 0) is 4.74 Å². The maximum atomic E-state index is 8.51. The molecule has 1 aromatic rings. The number of nitrogens with zero attached hydrogens (tertiary/aromatic N) is 3. The van der Waals surface area contributed by atoms with Crippen molar-refractivity contribution in [3.05, 3.63) is 18.1 Å². The van der Waals surface area contributed by atoms with E-state index in [9.17, 15) is 0 Å². The second-order valence-corrected chi connectivity index (χ2v) is 2.30. The molecule has 0 fully saturated rings. The van der Waals surface area contributed by atoms with Crippen LogP contribution in [0.15, 0.2) is 12.3 Å². The highest BCUT2D eigenvalue weighted by molar-refractivity contribution is 5.34. The van der Waals surface area contributed by atoms with Gasteiger partial charge in [-0.1, -0.05) is 0 Å². The maximum absolute atomic E-state index is 8.51. The van der Waals surface area contributed by atoms with Crippen molar-refractivity contribution < 1.29 is 4.74 Å². The van der Waals surface area contributed by atoms with Crippen molar-refractivity contribution in [3.8, 4) is 6.07 Å². The molecule has 0 atom stereocenters. The number of ether oxygens (including phenoxy) is 1. The molecule has 5 nitrogen and oxygen atoms in total. The molecule has 0 aromatic carbocycles. The van der Waals surface area contributed by atoms with Crippen LogP contribution in [0.4, 0.5) is 5.82 Å². The Balaban J connectivity index is 2.52. The number of methoxy groups -OCH3 is 1. The highest BCUT2D eigenvalue weighted by atomic mass is 16.5. The van der Waals surface area contributed by atoms with Crippen molar-refractivity contribution in [2.24, 2.45) is 0 Å². The summed E-state index contributed by atoms with van der Waals surface area (Å²) in [6.07, 6.45) is 1.54. The molecule has 0 aliphatic heterocycles. The van der Waals surface area contributed by atoms with Gasteiger partial charge in [-0.3, -0.25) is 0 Å². The van der Waals surface area contributed by atoms with Crippen LogP contribution in [0.3, 0.4) is 0 Å². The number of hydrogen-bond donors (Lipinski definition) is 1. The van der Waals surface area contributed by atoms with Crippen molar-refractivity contribution in [2.75, 3.05) is 25.6 Å². The summed E-state index contributed by atoms with van der Waals surface area (Å²) in [6, 6.07) is 3.57. The molecule has 1 rings (SSSR count). The number of nitriles is 1. The maximum Gasteiger partial charge on any atom is 0.234 e. The standard InChI is InChI=1S/C8H10N4O/c1-13-5-4-11-7-2-3-10-8(6-9)12-7/h2-3H,4-5H2,1H3,(H,10,11,12). The van der Waals surface area contributed by atoms with Gasteiger partial charge < -0.3 is 10.1 Å². The molecule has 0 aliphatic carbocycles. The zero-order chi connectivity index (χ0) is 9.52. The van der Waals surface area contributed by atoms with E-state index in [0.717, 1.165) is 0 Å². The van der Waals surface area contributed by atoms with Crippen LogP contribution in [0.1, 0.15) is 5.82 Å². The lowest BCUT2D eigenvalue weighted by atomic mass is 10.5. The monoisotopic (exact) mass is 178 g/mol. The van der Waals surface area contributed by atoms with Crippen LogP contribution in [-0.4, -0.2) is 30.2 Å². The first-order valence-electron chi connectivity index (χ1n) is 3.83. The highest BCUT2D eigenvalue weighted by Crippen LogP contribution is 1.99. The minimum Gasteiger partial charge on any atom is -0.383 e. The lowest BCUT2D eigenvalue weighted by Gasteiger charge is -2.03. The van der Waals surface area contributed by atoms with Gasteiger partial charge in [0.25, 0.3) is 0 Å². The topological polar surface area (TPSA) is 70.8 Å². The molecule has 0 bridgehead atoms. The number of rotatable bonds is 4. The van der Waals surface area contributed by atoms with Gasteiger partial charge in [-0.05, 0) is 6.07 Å². The van der Waals surface area contributed by atoms with Gasteiger partial charge in [0.2, 0.25) is 5.82 Å². The smallest absolute Gasteiger partial charge is 0.234 e. The lowest BCUT2D eigenvalue weighted by molar-refractivity contribution is 0.210. The third-order valence-electron chi connectivity index (χ3n) is 1.37. The van der Waals surface area contributed by atoms with E-state index in [1.165, 1.54) is 0 Å². The summed E-state index contributed by atoms with van der Waals surface area (Å²) in [5.41, 5.74) is 0. The minimum absolute atomic E-state index is 0.169. The molecule has 1 aromatic heterocycles. The van der Waals surface area contributed by atoms with Gasteiger partial charge in [-0.2, -0.15) is 5.26 Å². The van der Waals surface area contributed by atoms with Gasteiger partial charge in [-0.15, -0.1) is 0 Å². The third-order valence-corrected chi connectivity index (χ3v) is 1.37. The molecule has 5 heteroatoms. The zero-order valence-electron chi connectivity index (χ0n) is 7.32. The van der Waals surface area contributed by atoms with E-state index in [1.54, 1.807) is 19.4 Å². The molecule has 1 heterocycles. The summed E-state index contributed by atoms with van der Waals surface area (Å²) in [6.45, 7) is 1.27. The van der Waals surface area contributed by atoms with Crippen LogP contribution in [0.25, 0.3) is 0 Å². The van der Waals surface area contributed by atoms with E-state index in [-0.39, 0.29) is 5.82 Å². The first-order valence-corrected chi connectivity index (χ1v) is 3.83. The Kier molecular flexibility index (Phi) is 3.67. The molecular formula is C8H10N4O. The van der Waals surface area contributed by atoms with E-state index in [4.69, 9.17) is 10.00 Å². The Morgan fingerprint density at radius 3 is 3.23 bits per heavy atom. The first kappa shape index (κ1) is 9.42. The molecule has 0 spiro atoms. The second-order valence-electron chi connectivity index (χ2n) is 2.30. The summed E-state index contributed by atoms with van der Waals surface area (Å²) in [7, 11) is 1.63. The van der Waals surface area contributed by atoms with Gasteiger partial charge in [0.1, 0.15) is 11.9 Å². The van der Waals surface area contributed by atoms with Crippen LogP contribution in [0.5, 0.6) is 0 Å². The Bertz CT molecular complexity index is 307. The lowest BCUT2D eigenvalue weighted by Crippen LogP contribution is -2.09. The zero-order valence-corrected chi connectivity index (χ0v) is 7.32. The summed E-state index contributed by atoms with van der Waals surface area (Å²) in [5.74, 6) is 0.811. The average Bonchev–Trinajstić information content (AvgIpc) is 2.19. The predicted octanol–water partition coefficient (Wildman–Crippen LogP) is 0.407. The van der Waals surface area contributed by atoms with Crippen LogP contribution < -0.4 is 5.32 Å². The van der Waals surface area contributed by atoms with Crippen molar-refractivity contribution in [3.63, 3.8) is 0 Å². The molecule has 0 unspecified atom stereocenters. The van der Waals surface area contributed by atoms with Crippen molar-refractivity contribution in [2.45, 2.75) is 0 Å². The normalized spacial score (nSPS) is 9.23. The van der Waals surface area contributed by atoms with Gasteiger partial charge in [0.15, 0.2) is 0 Å². The van der Waals surface area contributed by atoms with E-state index in [0.29, 0.717) is 19.0 Å². The summed E-state index contributed by atoms with van der Waals surface area (Å²) < 4.78 is 4.85. The van der Waals surface area contributed by atoms with Gasteiger partial charge in [-0.25, -0.2) is 9.97 Å². The van der Waals surface area contributed by atoms with Gasteiger partial charge in [0.05, 0.1) is 6.61 Å². The molecule has 0 aliphatic rings. The van der Waals surface area contributed by atoms with E-state index < -0.39 is 0 Å². The molecule has 13 heavy (non-hydrogen) atoms. The Morgan fingerprint density at radius 1 is 1.69 bits per heavy atom. The Morgan fingerprint density at radius 2 is 2.54 bits per heavy atom. The molecule has 0 saturated heterocycles. The minimum atomic E-state index is 0.169. The Hall–Kier alpha value is -1.67. The molecule has 1 N–H and O–H groups in total. The SMILES string of the molecule is COCCNc1ccnc(C#N)n1. The Labute approximate surface area is 76.4 Å². The molecule has 68 valence electrons. The fourth-order valence-electron chi connectivity index (χ4n) is 0.792. The van der Waals surface area contributed by atoms with Crippen molar-refractivity contribution >= 4 is 5.82 Å². The highest BCUT2D eigenvalue weighted by Gasteiger charge is 1.95. The van der Waals surface area contributed by atoms with Crippen molar-refractivity contribution in [1.82, 2.24) is 9.97 Å². The quantitative estimate of drug-likeness (QED) is 0.676. The molecule has 0 amide bonds. The summed E-state index contributed by atoms with van der Waals surface area (Å²) in [5, 5.41) is 11.5. The molecule has 0 saturated carbocycles. The van der Waals surface area contributed by atoms with Gasteiger partial charge >= 0.3 is 0 Å². The van der Waals surface area contributed by atoms with Crippen LogP contribution in [0, 0.1) is 11.3 Å². The predicted molar refractivity (Wildman–Crippen MR) is 47.1 cm³/mol. The van der Waals surface area contributed by atoms with Gasteiger partial charge in [0, 0.05) is 19.9 Å². The molecular weight excluding hydrogens is 168 g/mol. The van der Waals surface area contributed by atoms with E-state index >= 15 is 0 Å². The average molecular weight is 178 g/mol. The third kappa shape index (κ3) is 3.05. The fraction of sp³-hybridized carbons (Fsp3) is 0.375. The summed E-state index contributed by atoms with van der Waals surface area (Å²) in [4.78, 5) is 7.67. The van der Waals surface area contributed by atoms with Crippen LogP contribution >= 0.6 is 0 Å². The number of hydrogen-bond acceptors (Lipinski definition) is 5. The van der Waals surface area contributed by atoms with E-state index in [1.807, 2.05) is 6.07 Å². The second kappa shape index (κ2) is 5.06. The molecule has 0 radical (unpaired) electrons. The van der Waals surface area contributed by atoms with Crippen LogP contribution in [0.2, 0.25) is 0 Å². The first-order chi connectivity index (χ1) is 6.36. The number of nitrogens with one attached hydrogen (secondary N) is 1. The van der Waals surface area contributed by atoms with E-state index in [2.05, 4.69) is 15.3 Å². The number of anilines is 1. The largest absolute Gasteiger partial charge is 0.383 e. The fourth-order valence-corrected chi connectivity index (χ4v) is 0.792.